The number of nitrogens with one attached hydrogen (secondary N) is 1. The van der Waals surface area contributed by atoms with Crippen molar-refractivity contribution in [3.8, 4) is 0 Å². The van der Waals surface area contributed by atoms with Gasteiger partial charge in [-0.3, -0.25) is 4.98 Å². The number of aryl methyl sites for hydroxylation is 1. The molecule has 100 valence electrons. The molecule has 1 aliphatic heterocycles. The molecule has 1 aromatic heterocycles. The zero-order valence-electron chi connectivity index (χ0n) is 12.2. The van der Waals surface area contributed by atoms with Gasteiger partial charge in [0.05, 0.1) is 0 Å². The van der Waals surface area contributed by atoms with E-state index in [9.17, 15) is 0 Å². The number of fused-ring (bicyclic) bond motifs is 1. The number of hydrogen-bond donors (Lipinski definition) is 1. The molecule has 1 aromatic rings. The van der Waals surface area contributed by atoms with E-state index >= 15 is 0 Å². The maximum Gasteiger partial charge on any atom is 0.0305 e. The Morgan fingerprint density at radius 1 is 1.22 bits per heavy atom. The van der Waals surface area contributed by atoms with Crippen LogP contribution in [0, 0.1) is 5.92 Å². The zero-order valence-corrected chi connectivity index (χ0v) is 12.2. The van der Waals surface area contributed by atoms with Crippen molar-refractivity contribution in [2.45, 2.75) is 52.4 Å². The van der Waals surface area contributed by atoms with Crippen LogP contribution in [0.3, 0.4) is 0 Å². The Morgan fingerprint density at radius 2 is 2.00 bits per heavy atom. The van der Waals surface area contributed by atoms with Gasteiger partial charge in [-0.05, 0) is 53.8 Å². The molecule has 2 rings (SSSR count). The molecule has 1 aliphatic rings. The molecule has 18 heavy (non-hydrogen) atoms. The molecule has 0 bridgehead atoms. The Morgan fingerprint density at radius 3 is 2.67 bits per heavy atom. The van der Waals surface area contributed by atoms with Gasteiger partial charge in [-0.2, -0.15) is 0 Å². The van der Waals surface area contributed by atoms with Crippen molar-refractivity contribution in [3.05, 3.63) is 29.1 Å². The van der Waals surface area contributed by atoms with Gasteiger partial charge in [-0.1, -0.05) is 27.7 Å². The summed E-state index contributed by atoms with van der Waals surface area (Å²) in [5, 5.41) is 3.61. The lowest BCUT2D eigenvalue weighted by atomic mass is 9.79. The average Bonchev–Trinajstić information content (AvgIpc) is 2.28. The molecule has 0 saturated carbocycles. The molecule has 0 aromatic carbocycles. The van der Waals surface area contributed by atoms with E-state index in [2.05, 4.69) is 50.4 Å². The van der Waals surface area contributed by atoms with Crippen molar-refractivity contribution in [2.24, 2.45) is 5.92 Å². The van der Waals surface area contributed by atoms with Crippen LogP contribution < -0.4 is 5.32 Å². The van der Waals surface area contributed by atoms with Crippen LogP contribution in [0.15, 0.2) is 12.4 Å². The predicted molar refractivity (Wildman–Crippen MR) is 77.1 cm³/mol. The van der Waals surface area contributed by atoms with Crippen molar-refractivity contribution >= 4 is 0 Å². The van der Waals surface area contributed by atoms with Gasteiger partial charge >= 0.3 is 0 Å². The molecule has 2 heteroatoms. The quantitative estimate of drug-likeness (QED) is 0.864. The van der Waals surface area contributed by atoms with E-state index in [0.717, 1.165) is 13.1 Å². The second-order valence-corrected chi connectivity index (χ2v) is 6.11. The van der Waals surface area contributed by atoms with Gasteiger partial charge in [0, 0.05) is 18.9 Å². The lowest BCUT2D eigenvalue weighted by Crippen LogP contribution is -2.30. The van der Waals surface area contributed by atoms with Gasteiger partial charge < -0.3 is 5.32 Å². The lowest BCUT2D eigenvalue weighted by Gasteiger charge is -2.30. The molecule has 0 saturated heterocycles. The summed E-state index contributed by atoms with van der Waals surface area (Å²) in [6, 6.07) is 0. The largest absolute Gasteiger partial charge is 0.316 e. The topological polar surface area (TPSA) is 24.9 Å². The lowest BCUT2D eigenvalue weighted by molar-refractivity contribution is 0.442. The van der Waals surface area contributed by atoms with E-state index in [1.165, 1.54) is 24.0 Å². The summed E-state index contributed by atoms with van der Waals surface area (Å²) in [5.74, 6) is 1.86. The van der Waals surface area contributed by atoms with Gasteiger partial charge in [0.15, 0.2) is 0 Å². The fraction of sp³-hybridized carbons (Fsp3) is 0.688. The van der Waals surface area contributed by atoms with Gasteiger partial charge in [0.1, 0.15) is 0 Å². The highest BCUT2D eigenvalue weighted by molar-refractivity contribution is 5.38. The highest BCUT2D eigenvalue weighted by Crippen LogP contribution is 2.34. The summed E-state index contributed by atoms with van der Waals surface area (Å²) < 4.78 is 0. The van der Waals surface area contributed by atoms with Crippen molar-refractivity contribution in [1.29, 1.82) is 0 Å². The minimum absolute atomic E-state index is 0.563. The summed E-state index contributed by atoms with van der Waals surface area (Å²) in [4.78, 5) is 4.46. The van der Waals surface area contributed by atoms with Crippen LogP contribution in [0.2, 0.25) is 0 Å². The Balaban J connectivity index is 2.51. The number of nitrogens with zero attached hydrogens (tertiary/aromatic N) is 1. The first kappa shape index (κ1) is 13.5. The van der Waals surface area contributed by atoms with Gasteiger partial charge in [-0.15, -0.1) is 0 Å². The highest BCUT2D eigenvalue weighted by atomic mass is 14.9. The van der Waals surface area contributed by atoms with Gasteiger partial charge in [0.2, 0.25) is 0 Å². The predicted octanol–water partition coefficient (Wildman–Crippen LogP) is 3.48. The first-order valence-corrected chi connectivity index (χ1v) is 7.28. The van der Waals surface area contributed by atoms with Crippen molar-refractivity contribution < 1.29 is 0 Å². The standard InChI is InChI=1S/C16H26N2/c1-11(2)14-9-17-7-5-6-13-8-18-10-15(12(3)4)16(13)14/h8,10-12,14,17H,5-7,9H2,1-4H3. The number of pyridine rings is 1. The third-order valence-corrected chi connectivity index (χ3v) is 4.06. The second kappa shape index (κ2) is 5.83. The van der Waals surface area contributed by atoms with E-state index in [0.29, 0.717) is 17.8 Å². The summed E-state index contributed by atoms with van der Waals surface area (Å²) in [6.45, 7) is 11.5. The van der Waals surface area contributed by atoms with Crippen molar-refractivity contribution in [2.75, 3.05) is 13.1 Å². The zero-order chi connectivity index (χ0) is 13.1. The first-order valence-electron chi connectivity index (χ1n) is 7.28. The molecule has 2 nitrogen and oxygen atoms in total. The molecular formula is C16H26N2. The number of hydrogen-bond acceptors (Lipinski definition) is 2. The van der Waals surface area contributed by atoms with Crippen molar-refractivity contribution in [1.82, 2.24) is 10.3 Å². The van der Waals surface area contributed by atoms with E-state index < -0.39 is 0 Å². The normalized spacial score (nSPS) is 20.7. The fourth-order valence-electron chi connectivity index (χ4n) is 2.98. The van der Waals surface area contributed by atoms with E-state index in [-0.39, 0.29) is 0 Å². The fourth-order valence-corrected chi connectivity index (χ4v) is 2.98. The minimum Gasteiger partial charge on any atom is -0.316 e. The third kappa shape index (κ3) is 2.74. The molecular weight excluding hydrogens is 220 g/mol. The first-order chi connectivity index (χ1) is 8.61. The number of aromatic nitrogens is 1. The molecule has 1 N–H and O–H groups in total. The highest BCUT2D eigenvalue weighted by Gasteiger charge is 2.24. The van der Waals surface area contributed by atoms with E-state index in [1.807, 2.05) is 0 Å². The van der Waals surface area contributed by atoms with E-state index in [1.54, 1.807) is 5.56 Å². The van der Waals surface area contributed by atoms with Gasteiger partial charge in [-0.25, -0.2) is 0 Å². The minimum atomic E-state index is 0.563. The second-order valence-electron chi connectivity index (χ2n) is 6.11. The smallest absolute Gasteiger partial charge is 0.0305 e. The molecule has 0 aliphatic carbocycles. The van der Waals surface area contributed by atoms with Crippen molar-refractivity contribution in [3.63, 3.8) is 0 Å². The summed E-state index contributed by atoms with van der Waals surface area (Å²) in [5.41, 5.74) is 4.53. The number of rotatable bonds is 2. The maximum absolute atomic E-state index is 4.46. The summed E-state index contributed by atoms with van der Waals surface area (Å²) in [7, 11) is 0. The summed E-state index contributed by atoms with van der Waals surface area (Å²) in [6.07, 6.45) is 6.57. The molecule has 1 atom stereocenters. The Bertz CT molecular complexity index is 396. The van der Waals surface area contributed by atoms with Gasteiger partial charge in [0.25, 0.3) is 0 Å². The van der Waals surface area contributed by atoms with Crippen LogP contribution in [0.5, 0.6) is 0 Å². The molecule has 0 amide bonds. The Hall–Kier alpha value is -0.890. The van der Waals surface area contributed by atoms with Crippen LogP contribution in [-0.4, -0.2) is 18.1 Å². The molecule has 0 spiro atoms. The van der Waals surface area contributed by atoms with Crippen LogP contribution in [-0.2, 0) is 6.42 Å². The average molecular weight is 246 g/mol. The Labute approximate surface area is 111 Å². The SMILES string of the molecule is CC(C)c1cncc2c1C(C(C)C)CNCCC2. The summed E-state index contributed by atoms with van der Waals surface area (Å²) >= 11 is 0. The van der Waals surface area contributed by atoms with E-state index in [4.69, 9.17) is 0 Å². The molecule has 2 heterocycles. The Kier molecular flexibility index (Phi) is 4.39. The monoisotopic (exact) mass is 246 g/mol. The van der Waals surface area contributed by atoms with Crippen LogP contribution in [0.4, 0.5) is 0 Å². The molecule has 1 unspecified atom stereocenters. The molecule has 0 fully saturated rings. The third-order valence-electron chi connectivity index (χ3n) is 4.06. The van der Waals surface area contributed by atoms with Crippen LogP contribution >= 0.6 is 0 Å². The molecule has 0 radical (unpaired) electrons. The maximum atomic E-state index is 4.46. The van der Waals surface area contributed by atoms with Crippen LogP contribution in [0.25, 0.3) is 0 Å². The van der Waals surface area contributed by atoms with Crippen LogP contribution in [0.1, 0.15) is 62.6 Å².